The molecule has 1 aromatic rings. The van der Waals surface area contributed by atoms with E-state index >= 15 is 0 Å². The van der Waals surface area contributed by atoms with Crippen LogP contribution in [0.25, 0.3) is 0 Å². The van der Waals surface area contributed by atoms with Crippen molar-refractivity contribution >= 4 is 5.91 Å². The van der Waals surface area contributed by atoms with E-state index in [1.165, 1.54) is 12.1 Å². The Labute approximate surface area is 107 Å². The first kappa shape index (κ1) is 14.6. The molecule has 100 valence electrons. The number of nitrogens with two attached hydrogens (primary N) is 1. The quantitative estimate of drug-likeness (QED) is 0.791. The van der Waals surface area contributed by atoms with Crippen molar-refractivity contribution in [1.29, 1.82) is 0 Å². The van der Waals surface area contributed by atoms with Gasteiger partial charge in [0.2, 0.25) is 5.91 Å². The standard InChI is InChI=1S/C13H20FN3O/c1-3-17(9-13(18)16-2)12(8-15)10-4-6-11(14)7-5-10/h4-7,12H,3,8-9,15H2,1-2H3,(H,16,18). The number of nitrogens with zero attached hydrogens (tertiary/aromatic N) is 1. The summed E-state index contributed by atoms with van der Waals surface area (Å²) in [7, 11) is 1.60. The number of benzene rings is 1. The average molecular weight is 253 g/mol. The first-order valence-corrected chi connectivity index (χ1v) is 6.02. The Bertz CT molecular complexity index is 380. The Morgan fingerprint density at radius 3 is 2.50 bits per heavy atom. The first-order valence-electron chi connectivity index (χ1n) is 6.02. The van der Waals surface area contributed by atoms with Gasteiger partial charge in [-0.2, -0.15) is 0 Å². The van der Waals surface area contributed by atoms with Crippen LogP contribution in [0.15, 0.2) is 24.3 Å². The molecule has 5 heteroatoms. The second-order valence-electron chi connectivity index (χ2n) is 4.04. The maximum absolute atomic E-state index is 12.9. The van der Waals surface area contributed by atoms with Crippen molar-refractivity contribution in [2.45, 2.75) is 13.0 Å². The third kappa shape index (κ3) is 3.78. The van der Waals surface area contributed by atoms with Crippen molar-refractivity contribution in [1.82, 2.24) is 10.2 Å². The fraction of sp³-hybridized carbons (Fsp3) is 0.462. The number of amides is 1. The minimum Gasteiger partial charge on any atom is -0.358 e. The molecule has 0 aliphatic carbocycles. The Balaban J connectivity index is 2.85. The summed E-state index contributed by atoms with van der Waals surface area (Å²) in [6, 6.07) is 6.16. The normalized spacial score (nSPS) is 12.5. The van der Waals surface area contributed by atoms with E-state index in [0.29, 0.717) is 13.1 Å². The Morgan fingerprint density at radius 1 is 1.44 bits per heavy atom. The zero-order valence-corrected chi connectivity index (χ0v) is 10.8. The largest absolute Gasteiger partial charge is 0.358 e. The predicted octanol–water partition coefficient (Wildman–Crippen LogP) is 0.893. The second-order valence-corrected chi connectivity index (χ2v) is 4.04. The SMILES string of the molecule is CCN(CC(=O)NC)C(CN)c1ccc(F)cc1. The average Bonchev–Trinajstić information content (AvgIpc) is 2.40. The van der Waals surface area contributed by atoms with E-state index in [1.807, 2.05) is 11.8 Å². The molecule has 0 aliphatic rings. The molecule has 0 saturated heterocycles. The summed E-state index contributed by atoms with van der Waals surface area (Å²) < 4.78 is 12.9. The van der Waals surface area contributed by atoms with Crippen LogP contribution < -0.4 is 11.1 Å². The third-order valence-electron chi connectivity index (χ3n) is 2.95. The van der Waals surface area contributed by atoms with Gasteiger partial charge < -0.3 is 11.1 Å². The minimum atomic E-state index is -0.274. The molecule has 0 aliphatic heterocycles. The molecular formula is C13H20FN3O. The van der Waals surface area contributed by atoms with Gasteiger partial charge in [-0.15, -0.1) is 0 Å². The van der Waals surface area contributed by atoms with Gasteiger partial charge in [-0.3, -0.25) is 9.69 Å². The molecule has 1 amide bonds. The number of hydrogen-bond donors (Lipinski definition) is 2. The highest BCUT2D eigenvalue weighted by Crippen LogP contribution is 2.19. The number of rotatable bonds is 6. The second kappa shape index (κ2) is 7.08. The molecule has 18 heavy (non-hydrogen) atoms. The fourth-order valence-corrected chi connectivity index (χ4v) is 1.89. The predicted molar refractivity (Wildman–Crippen MR) is 69.5 cm³/mol. The third-order valence-corrected chi connectivity index (χ3v) is 2.95. The van der Waals surface area contributed by atoms with Crippen molar-refractivity contribution in [3.8, 4) is 0 Å². The van der Waals surface area contributed by atoms with Gasteiger partial charge in [-0.05, 0) is 24.2 Å². The number of nitrogens with one attached hydrogen (secondary N) is 1. The molecule has 4 nitrogen and oxygen atoms in total. The Morgan fingerprint density at radius 2 is 2.06 bits per heavy atom. The zero-order chi connectivity index (χ0) is 13.5. The summed E-state index contributed by atoms with van der Waals surface area (Å²) in [4.78, 5) is 13.4. The van der Waals surface area contributed by atoms with Gasteiger partial charge in [0.15, 0.2) is 0 Å². The van der Waals surface area contributed by atoms with Gasteiger partial charge in [0, 0.05) is 19.6 Å². The first-order chi connectivity index (χ1) is 8.62. The smallest absolute Gasteiger partial charge is 0.233 e. The van der Waals surface area contributed by atoms with E-state index in [9.17, 15) is 9.18 Å². The van der Waals surface area contributed by atoms with Crippen LogP contribution in [0.3, 0.4) is 0 Å². The number of likely N-dealkylation sites (N-methyl/N-ethyl adjacent to an activating group) is 2. The van der Waals surface area contributed by atoms with Gasteiger partial charge in [0.25, 0.3) is 0 Å². The van der Waals surface area contributed by atoms with Gasteiger partial charge >= 0.3 is 0 Å². The Kier molecular flexibility index (Phi) is 5.74. The van der Waals surface area contributed by atoms with Crippen LogP contribution >= 0.6 is 0 Å². The van der Waals surface area contributed by atoms with E-state index in [0.717, 1.165) is 5.56 Å². The summed E-state index contributed by atoms with van der Waals surface area (Å²) in [5, 5.41) is 2.59. The van der Waals surface area contributed by atoms with Crippen LogP contribution in [0.5, 0.6) is 0 Å². The van der Waals surface area contributed by atoms with Crippen molar-refractivity contribution in [3.05, 3.63) is 35.6 Å². The van der Waals surface area contributed by atoms with Crippen molar-refractivity contribution in [2.75, 3.05) is 26.7 Å². The van der Waals surface area contributed by atoms with E-state index in [1.54, 1.807) is 19.2 Å². The van der Waals surface area contributed by atoms with Crippen LogP contribution in [0.4, 0.5) is 4.39 Å². The van der Waals surface area contributed by atoms with Crippen molar-refractivity contribution in [2.24, 2.45) is 5.73 Å². The van der Waals surface area contributed by atoms with Crippen LogP contribution in [-0.2, 0) is 4.79 Å². The molecule has 0 bridgehead atoms. The molecule has 0 heterocycles. The maximum Gasteiger partial charge on any atom is 0.233 e. The topological polar surface area (TPSA) is 58.4 Å². The minimum absolute atomic E-state index is 0.0580. The summed E-state index contributed by atoms with van der Waals surface area (Å²) in [5.41, 5.74) is 6.69. The van der Waals surface area contributed by atoms with Crippen LogP contribution in [0, 0.1) is 5.82 Å². The monoisotopic (exact) mass is 253 g/mol. The molecule has 1 atom stereocenters. The molecule has 0 aromatic heterocycles. The molecule has 0 fully saturated rings. The molecule has 1 unspecified atom stereocenters. The molecule has 1 rings (SSSR count). The molecule has 0 spiro atoms. The number of carbonyl (C=O) groups is 1. The van der Waals surface area contributed by atoms with Gasteiger partial charge in [0.05, 0.1) is 6.54 Å². The van der Waals surface area contributed by atoms with E-state index in [-0.39, 0.29) is 24.3 Å². The molecule has 3 N–H and O–H groups in total. The van der Waals surface area contributed by atoms with Crippen LogP contribution in [0.2, 0.25) is 0 Å². The lowest BCUT2D eigenvalue weighted by Crippen LogP contribution is -2.40. The van der Waals surface area contributed by atoms with Gasteiger partial charge in [-0.1, -0.05) is 19.1 Å². The summed E-state index contributed by atoms with van der Waals surface area (Å²) in [5.74, 6) is -0.332. The van der Waals surface area contributed by atoms with Gasteiger partial charge in [0.1, 0.15) is 5.82 Å². The fourth-order valence-electron chi connectivity index (χ4n) is 1.89. The summed E-state index contributed by atoms with van der Waals surface area (Å²) in [6.45, 7) is 3.34. The summed E-state index contributed by atoms with van der Waals surface area (Å²) >= 11 is 0. The Hall–Kier alpha value is -1.46. The lowest BCUT2D eigenvalue weighted by atomic mass is 10.1. The number of hydrogen-bond acceptors (Lipinski definition) is 3. The van der Waals surface area contributed by atoms with E-state index < -0.39 is 0 Å². The highest BCUT2D eigenvalue weighted by atomic mass is 19.1. The maximum atomic E-state index is 12.9. The summed E-state index contributed by atoms with van der Waals surface area (Å²) in [6.07, 6.45) is 0. The molecule has 0 radical (unpaired) electrons. The van der Waals surface area contributed by atoms with Crippen molar-refractivity contribution in [3.63, 3.8) is 0 Å². The van der Waals surface area contributed by atoms with Crippen molar-refractivity contribution < 1.29 is 9.18 Å². The number of carbonyl (C=O) groups excluding carboxylic acids is 1. The lowest BCUT2D eigenvalue weighted by Gasteiger charge is -2.29. The number of halogens is 1. The van der Waals surface area contributed by atoms with Gasteiger partial charge in [-0.25, -0.2) is 4.39 Å². The van der Waals surface area contributed by atoms with Crippen LogP contribution in [-0.4, -0.2) is 37.5 Å². The molecular weight excluding hydrogens is 233 g/mol. The van der Waals surface area contributed by atoms with Crippen LogP contribution in [0.1, 0.15) is 18.5 Å². The highest BCUT2D eigenvalue weighted by molar-refractivity contribution is 5.77. The zero-order valence-electron chi connectivity index (χ0n) is 10.8. The van der Waals surface area contributed by atoms with E-state index in [4.69, 9.17) is 5.73 Å². The molecule has 1 aromatic carbocycles. The van der Waals surface area contributed by atoms with E-state index in [2.05, 4.69) is 5.32 Å². The highest BCUT2D eigenvalue weighted by Gasteiger charge is 2.19. The lowest BCUT2D eigenvalue weighted by molar-refractivity contribution is -0.122. The molecule has 0 saturated carbocycles.